The zero-order valence-corrected chi connectivity index (χ0v) is 7.09. The zero-order valence-electron chi connectivity index (χ0n) is 5.50. The Morgan fingerprint density at radius 1 is 1.11 bits per heavy atom. The van der Waals surface area contributed by atoms with Crippen LogP contribution in [0.25, 0.3) is 0 Å². The molecule has 0 aromatic rings. The van der Waals surface area contributed by atoms with Gasteiger partial charge in [0.15, 0.2) is 0 Å². The van der Waals surface area contributed by atoms with Gasteiger partial charge in [-0.2, -0.15) is 0 Å². The van der Waals surface area contributed by atoms with Gasteiger partial charge in [-0.05, 0) is 6.92 Å². The minimum absolute atomic E-state index is 0.770. The van der Waals surface area contributed by atoms with Gasteiger partial charge in [0.1, 0.15) is 0 Å². The summed E-state index contributed by atoms with van der Waals surface area (Å²) < 4.78 is 0. The maximum absolute atomic E-state index is 3.21. The van der Waals surface area contributed by atoms with Crippen LogP contribution < -0.4 is 0 Å². The molecule has 0 bridgehead atoms. The lowest BCUT2D eigenvalue weighted by molar-refractivity contribution is 1.12. The van der Waals surface area contributed by atoms with Gasteiger partial charge < -0.3 is 0 Å². The maximum Gasteiger partial charge on any atom is 0.0645 e. The quantitative estimate of drug-likeness (QED) is 0.333. The summed E-state index contributed by atoms with van der Waals surface area (Å²) in [5.41, 5.74) is 0. The molecule has 1 heteroatoms. The molecule has 0 aromatic carbocycles. The van der Waals surface area contributed by atoms with Crippen LogP contribution >= 0.6 is 15.9 Å². The highest BCUT2D eigenvalue weighted by atomic mass is 79.9. The van der Waals surface area contributed by atoms with Crippen LogP contribution in [-0.2, 0) is 0 Å². The molecule has 0 unspecified atom stereocenters. The van der Waals surface area contributed by atoms with Gasteiger partial charge in [-0.25, -0.2) is 0 Å². The summed E-state index contributed by atoms with van der Waals surface area (Å²) in [6.07, 6.45) is 1.79. The van der Waals surface area contributed by atoms with E-state index in [1.165, 1.54) is 0 Å². The summed E-state index contributed by atoms with van der Waals surface area (Å²) in [6, 6.07) is 0. The number of unbranched alkanes of at least 4 members (excludes halogenated alkanes) is 1. The molecule has 0 N–H and O–H groups in total. The summed E-state index contributed by atoms with van der Waals surface area (Å²) >= 11 is 3.21. The van der Waals surface area contributed by atoms with Gasteiger partial charge in [0.2, 0.25) is 0 Å². The largest absolute Gasteiger partial charge is 0.107 e. The van der Waals surface area contributed by atoms with Crippen molar-refractivity contribution in [3.05, 3.63) is 0 Å². The molecule has 0 aliphatic carbocycles. The van der Waals surface area contributed by atoms with E-state index in [-0.39, 0.29) is 0 Å². The van der Waals surface area contributed by atoms with Crippen LogP contribution in [0.15, 0.2) is 0 Å². The van der Waals surface area contributed by atoms with E-state index in [9.17, 15) is 0 Å². The Morgan fingerprint density at radius 2 is 1.78 bits per heavy atom. The first-order chi connectivity index (χ1) is 4.41. The third kappa shape index (κ3) is 7.60. The lowest BCUT2D eigenvalue weighted by Crippen LogP contribution is -1.65. The van der Waals surface area contributed by atoms with Gasteiger partial charge >= 0.3 is 0 Å². The molecule has 0 fully saturated rings. The van der Waals surface area contributed by atoms with Gasteiger partial charge in [-0.1, -0.05) is 21.9 Å². The van der Waals surface area contributed by atoms with Crippen molar-refractivity contribution in [2.45, 2.75) is 19.8 Å². The Kier molecular flexibility index (Phi) is 7.26. The Bertz CT molecular complexity index is 160. The van der Waals surface area contributed by atoms with Crippen LogP contribution in [0.3, 0.4) is 0 Å². The molecule has 0 saturated heterocycles. The smallest absolute Gasteiger partial charge is 0.0645 e. The fraction of sp³-hybridized carbons (Fsp3) is 0.500. The molecular formula is C8H9Br. The van der Waals surface area contributed by atoms with Gasteiger partial charge in [0.05, 0.1) is 5.33 Å². The second-order valence-electron chi connectivity index (χ2n) is 1.41. The predicted molar refractivity (Wildman–Crippen MR) is 44.3 cm³/mol. The minimum atomic E-state index is 0.770. The molecule has 48 valence electrons. The number of alkyl halides is 1. The monoisotopic (exact) mass is 184 g/mol. The van der Waals surface area contributed by atoms with Crippen molar-refractivity contribution in [1.29, 1.82) is 0 Å². The summed E-state index contributed by atoms with van der Waals surface area (Å²) in [5, 5.41) is 0.770. The fourth-order valence-electron chi connectivity index (χ4n) is 0.386. The van der Waals surface area contributed by atoms with Crippen LogP contribution in [0.5, 0.6) is 0 Å². The van der Waals surface area contributed by atoms with E-state index in [4.69, 9.17) is 0 Å². The van der Waals surface area contributed by atoms with Crippen LogP contribution in [-0.4, -0.2) is 5.33 Å². The van der Waals surface area contributed by atoms with E-state index in [0.29, 0.717) is 0 Å². The third-order valence-electron chi connectivity index (χ3n) is 0.744. The molecule has 0 nitrogen and oxygen atoms in total. The molecule has 0 rings (SSSR count). The van der Waals surface area contributed by atoms with Gasteiger partial charge in [0.25, 0.3) is 0 Å². The van der Waals surface area contributed by atoms with Crippen LogP contribution in [0.1, 0.15) is 19.8 Å². The maximum atomic E-state index is 3.21. The average Bonchev–Trinajstić information content (AvgIpc) is 1.89. The molecular weight excluding hydrogens is 176 g/mol. The van der Waals surface area contributed by atoms with Crippen molar-refractivity contribution in [2.75, 3.05) is 5.33 Å². The van der Waals surface area contributed by atoms with E-state index in [1.54, 1.807) is 0 Å². The van der Waals surface area contributed by atoms with Crippen LogP contribution in [0, 0.1) is 23.7 Å². The molecule has 0 aromatic heterocycles. The average molecular weight is 185 g/mol. The van der Waals surface area contributed by atoms with E-state index in [2.05, 4.69) is 39.6 Å². The zero-order chi connectivity index (χ0) is 6.95. The third-order valence-corrected chi connectivity index (χ3v) is 1.02. The Hall–Kier alpha value is -0.400. The van der Waals surface area contributed by atoms with Crippen molar-refractivity contribution >= 4 is 15.9 Å². The SMILES string of the molecule is CC#CCCC#CCBr. The summed E-state index contributed by atoms with van der Waals surface area (Å²) in [7, 11) is 0. The van der Waals surface area contributed by atoms with E-state index in [1.807, 2.05) is 6.92 Å². The van der Waals surface area contributed by atoms with Crippen LogP contribution in [0.2, 0.25) is 0 Å². The topological polar surface area (TPSA) is 0 Å². The van der Waals surface area contributed by atoms with Crippen molar-refractivity contribution in [1.82, 2.24) is 0 Å². The van der Waals surface area contributed by atoms with Gasteiger partial charge in [-0.3, -0.25) is 0 Å². The van der Waals surface area contributed by atoms with Crippen LogP contribution in [0.4, 0.5) is 0 Å². The summed E-state index contributed by atoms with van der Waals surface area (Å²) in [6.45, 7) is 1.85. The first-order valence-corrected chi connectivity index (χ1v) is 3.95. The number of hydrogen-bond acceptors (Lipinski definition) is 0. The first kappa shape index (κ1) is 8.60. The van der Waals surface area contributed by atoms with E-state index in [0.717, 1.165) is 18.2 Å². The Morgan fingerprint density at radius 3 is 2.33 bits per heavy atom. The Labute approximate surface area is 65.2 Å². The summed E-state index contributed by atoms with van der Waals surface area (Å²) in [5.74, 6) is 11.6. The second-order valence-corrected chi connectivity index (χ2v) is 1.97. The van der Waals surface area contributed by atoms with Crippen molar-refractivity contribution in [3.8, 4) is 23.7 Å². The standard InChI is InChI=1S/C8H9Br/c1-2-3-4-5-6-7-8-9/h4-5,8H2,1H3. The number of hydrogen-bond donors (Lipinski definition) is 0. The van der Waals surface area contributed by atoms with E-state index >= 15 is 0 Å². The summed E-state index contributed by atoms with van der Waals surface area (Å²) in [4.78, 5) is 0. The van der Waals surface area contributed by atoms with Crippen molar-refractivity contribution in [3.63, 3.8) is 0 Å². The van der Waals surface area contributed by atoms with E-state index < -0.39 is 0 Å². The van der Waals surface area contributed by atoms with Crippen molar-refractivity contribution < 1.29 is 0 Å². The molecule has 9 heavy (non-hydrogen) atoms. The number of rotatable bonds is 1. The van der Waals surface area contributed by atoms with Gasteiger partial charge in [0, 0.05) is 12.8 Å². The Balaban J connectivity index is 3.15. The molecule has 0 heterocycles. The molecule has 0 saturated carbocycles. The normalized spacial score (nSPS) is 6.44. The fourth-order valence-corrected chi connectivity index (χ4v) is 0.584. The molecule has 0 radical (unpaired) electrons. The minimum Gasteiger partial charge on any atom is -0.107 e. The highest BCUT2D eigenvalue weighted by Crippen LogP contribution is 1.83. The predicted octanol–water partition coefficient (Wildman–Crippen LogP) is 2.19. The molecule has 0 atom stereocenters. The molecule has 0 spiro atoms. The van der Waals surface area contributed by atoms with Crippen molar-refractivity contribution in [2.24, 2.45) is 0 Å². The number of halogens is 1. The molecule has 0 aliphatic rings. The molecule has 0 amide bonds. The van der Waals surface area contributed by atoms with Gasteiger partial charge in [-0.15, -0.1) is 17.8 Å². The highest BCUT2D eigenvalue weighted by molar-refractivity contribution is 9.09. The lowest BCUT2D eigenvalue weighted by atomic mass is 10.3. The highest BCUT2D eigenvalue weighted by Gasteiger charge is 1.70. The molecule has 0 aliphatic heterocycles. The second kappa shape index (κ2) is 7.60. The first-order valence-electron chi connectivity index (χ1n) is 2.83. The lowest BCUT2D eigenvalue weighted by Gasteiger charge is -1.75.